The molecule has 148 valence electrons. The van der Waals surface area contributed by atoms with Crippen molar-refractivity contribution in [3.8, 4) is 0 Å². The number of aliphatic carboxylic acids is 1. The molecule has 0 radical (unpaired) electrons. The summed E-state index contributed by atoms with van der Waals surface area (Å²) in [6.07, 6.45) is 4.82. The Morgan fingerprint density at radius 3 is 2.54 bits per heavy atom. The van der Waals surface area contributed by atoms with Crippen LogP contribution in [0.4, 0.5) is 4.39 Å². The van der Waals surface area contributed by atoms with Gasteiger partial charge in [-0.25, -0.2) is 4.39 Å². The van der Waals surface area contributed by atoms with Crippen LogP contribution in [0.1, 0.15) is 36.9 Å². The molecule has 3 rings (SSSR count). The average molecular weight is 384 g/mol. The van der Waals surface area contributed by atoms with Crippen molar-refractivity contribution in [3.63, 3.8) is 0 Å². The Hall–Kier alpha value is -2.76. The zero-order valence-corrected chi connectivity index (χ0v) is 15.8. The minimum atomic E-state index is -0.823. The standard InChI is InChI=1S/C22H25FN2O3/c23-19-9-7-16(8-10-19)15-25(13-11-20-6-1-2-12-24-20)21(26)17-4-3-5-18(14-17)22(27)28/h1-2,6-10,12,17-18H,3-5,11,13-15H2,(H,27,28). The molecule has 1 aromatic heterocycles. The van der Waals surface area contributed by atoms with E-state index in [4.69, 9.17) is 0 Å². The maximum Gasteiger partial charge on any atom is 0.306 e. The zero-order chi connectivity index (χ0) is 19.9. The molecule has 2 aromatic rings. The van der Waals surface area contributed by atoms with Crippen molar-refractivity contribution < 1.29 is 19.1 Å². The second kappa shape index (κ2) is 9.44. The van der Waals surface area contributed by atoms with Crippen molar-refractivity contribution in [2.24, 2.45) is 11.8 Å². The number of carboxylic acid groups (broad SMARTS) is 1. The molecule has 28 heavy (non-hydrogen) atoms. The van der Waals surface area contributed by atoms with Gasteiger partial charge in [-0.1, -0.05) is 24.6 Å². The smallest absolute Gasteiger partial charge is 0.306 e. The summed E-state index contributed by atoms with van der Waals surface area (Å²) >= 11 is 0. The first-order chi connectivity index (χ1) is 13.5. The molecule has 1 N–H and O–H groups in total. The molecule has 1 aliphatic rings. The first-order valence-corrected chi connectivity index (χ1v) is 9.69. The first kappa shape index (κ1) is 20.0. The molecular formula is C22H25FN2O3. The van der Waals surface area contributed by atoms with Crippen LogP contribution in [0.5, 0.6) is 0 Å². The second-order valence-corrected chi connectivity index (χ2v) is 7.36. The number of carbonyl (C=O) groups is 2. The van der Waals surface area contributed by atoms with Crippen molar-refractivity contribution in [2.75, 3.05) is 6.54 Å². The predicted molar refractivity (Wildman–Crippen MR) is 103 cm³/mol. The maximum atomic E-state index is 13.2. The summed E-state index contributed by atoms with van der Waals surface area (Å²) < 4.78 is 13.2. The van der Waals surface area contributed by atoms with Gasteiger partial charge in [0.25, 0.3) is 0 Å². The van der Waals surface area contributed by atoms with Crippen molar-refractivity contribution in [3.05, 3.63) is 65.7 Å². The SMILES string of the molecule is O=C(O)C1CCCC(C(=O)N(CCc2ccccn2)Cc2ccc(F)cc2)C1. The number of hydrogen-bond acceptors (Lipinski definition) is 3. The Morgan fingerprint density at radius 2 is 1.86 bits per heavy atom. The van der Waals surface area contributed by atoms with Crippen LogP contribution in [0.2, 0.25) is 0 Å². The summed E-state index contributed by atoms with van der Waals surface area (Å²) in [6, 6.07) is 11.8. The molecule has 6 heteroatoms. The number of carbonyl (C=O) groups excluding carboxylic acids is 1. The fourth-order valence-corrected chi connectivity index (χ4v) is 3.77. The topological polar surface area (TPSA) is 70.5 Å². The molecule has 1 aromatic carbocycles. The number of benzene rings is 1. The lowest BCUT2D eigenvalue weighted by Gasteiger charge is -2.31. The van der Waals surface area contributed by atoms with Crippen LogP contribution >= 0.6 is 0 Å². The molecule has 0 spiro atoms. The molecule has 1 heterocycles. The highest BCUT2D eigenvalue weighted by Gasteiger charge is 2.33. The fourth-order valence-electron chi connectivity index (χ4n) is 3.77. The van der Waals surface area contributed by atoms with E-state index in [2.05, 4.69) is 4.98 Å². The maximum absolute atomic E-state index is 13.2. The van der Waals surface area contributed by atoms with Gasteiger partial charge >= 0.3 is 5.97 Å². The summed E-state index contributed by atoms with van der Waals surface area (Å²) in [4.78, 5) is 30.6. The molecule has 1 saturated carbocycles. The Kier molecular flexibility index (Phi) is 6.74. The average Bonchev–Trinajstić information content (AvgIpc) is 2.73. The van der Waals surface area contributed by atoms with E-state index >= 15 is 0 Å². The zero-order valence-electron chi connectivity index (χ0n) is 15.8. The van der Waals surface area contributed by atoms with Gasteiger partial charge in [0.15, 0.2) is 0 Å². The predicted octanol–water partition coefficient (Wildman–Crippen LogP) is 3.68. The lowest BCUT2D eigenvalue weighted by atomic mass is 9.80. The molecule has 0 saturated heterocycles. The molecule has 1 aliphatic carbocycles. The number of hydrogen-bond donors (Lipinski definition) is 1. The van der Waals surface area contributed by atoms with Crippen LogP contribution in [0.25, 0.3) is 0 Å². The molecule has 0 bridgehead atoms. The van der Waals surface area contributed by atoms with Crippen molar-refractivity contribution >= 4 is 11.9 Å². The third kappa shape index (κ3) is 5.38. The van der Waals surface area contributed by atoms with Gasteiger partial charge in [0.05, 0.1) is 5.92 Å². The summed E-state index contributed by atoms with van der Waals surface area (Å²) in [5, 5.41) is 9.32. The van der Waals surface area contributed by atoms with Gasteiger partial charge in [-0.3, -0.25) is 14.6 Å². The van der Waals surface area contributed by atoms with Crippen LogP contribution in [0, 0.1) is 17.7 Å². The van der Waals surface area contributed by atoms with Crippen LogP contribution in [0.15, 0.2) is 48.7 Å². The van der Waals surface area contributed by atoms with Crippen molar-refractivity contribution in [1.29, 1.82) is 0 Å². The number of rotatable bonds is 7. The van der Waals surface area contributed by atoms with Gasteiger partial charge in [0.1, 0.15) is 5.82 Å². The van der Waals surface area contributed by atoms with E-state index in [9.17, 15) is 19.1 Å². The molecular weight excluding hydrogens is 359 g/mol. The second-order valence-electron chi connectivity index (χ2n) is 7.36. The number of aromatic nitrogens is 1. The summed E-state index contributed by atoms with van der Waals surface area (Å²) in [7, 11) is 0. The third-order valence-corrected chi connectivity index (χ3v) is 5.34. The van der Waals surface area contributed by atoms with Gasteiger partial charge < -0.3 is 10.0 Å². The van der Waals surface area contributed by atoms with Gasteiger partial charge in [-0.2, -0.15) is 0 Å². The molecule has 1 fully saturated rings. The van der Waals surface area contributed by atoms with Gasteiger partial charge in [-0.15, -0.1) is 0 Å². The van der Waals surface area contributed by atoms with E-state index in [-0.39, 0.29) is 17.6 Å². The van der Waals surface area contributed by atoms with Crippen LogP contribution in [-0.4, -0.2) is 33.4 Å². The van der Waals surface area contributed by atoms with Gasteiger partial charge in [0, 0.05) is 37.3 Å². The van der Waals surface area contributed by atoms with Gasteiger partial charge in [0.2, 0.25) is 5.91 Å². The third-order valence-electron chi connectivity index (χ3n) is 5.34. The van der Waals surface area contributed by atoms with E-state index in [1.54, 1.807) is 23.2 Å². The number of carboxylic acids is 1. The Labute approximate surface area is 164 Å². The summed E-state index contributed by atoms with van der Waals surface area (Å²) in [5.41, 5.74) is 1.74. The molecule has 0 aliphatic heterocycles. The summed E-state index contributed by atoms with van der Waals surface area (Å²) in [5.74, 6) is -1.89. The lowest BCUT2D eigenvalue weighted by molar-refractivity contribution is -0.145. The number of halogens is 1. The van der Waals surface area contributed by atoms with Crippen LogP contribution < -0.4 is 0 Å². The summed E-state index contributed by atoms with van der Waals surface area (Å²) in [6.45, 7) is 0.863. The fraction of sp³-hybridized carbons (Fsp3) is 0.409. The van der Waals surface area contributed by atoms with Gasteiger partial charge in [-0.05, 0) is 49.1 Å². The molecule has 1 amide bonds. The highest BCUT2D eigenvalue weighted by atomic mass is 19.1. The van der Waals surface area contributed by atoms with Crippen LogP contribution in [-0.2, 0) is 22.6 Å². The Bertz CT molecular complexity index is 795. The Morgan fingerprint density at radius 1 is 1.11 bits per heavy atom. The van der Waals surface area contributed by atoms with E-state index < -0.39 is 11.9 Å². The largest absolute Gasteiger partial charge is 0.481 e. The highest BCUT2D eigenvalue weighted by molar-refractivity contribution is 5.80. The minimum Gasteiger partial charge on any atom is -0.481 e. The van der Waals surface area contributed by atoms with Crippen molar-refractivity contribution in [2.45, 2.75) is 38.6 Å². The molecule has 2 atom stereocenters. The van der Waals surface area contributed by atoms with E-state index in [1.807, 2.05) is 18.2 Å². The van der Waals surface area contributed by atoms with E-state index in [0.29, 0.717) is 38.8 Å². The monoisotopic (exact) mass is 384 g/mol. The van der Waals surface area contributed by atoms with Crippen molar-refractivity contribution in [1.82, 2.24) is 9.88 Å². The van der Waals surface area contributed by atoms with Crippen LogP contribution in [0.3, 0.4) is 0 Å². The number of amides is 1. The van der Waals surface area contributed by atoms with E-state index in [0.717, 1.165) is 17.7 Å². The molecule has 2 unspecified atom stereocenters. The minimum absolute atomic E-state index is 0.0220. The quantitative estimate of drug-likeness (QED) is 0.790. The van der Waals surface area contributed by atoms with E-state index in [1.165, 1.54) is 12.1 Å². The number of nitrogens with zero attached hydrogens (tertiary/aromatic N) is 2. The highest BCUT2D eigenvalue weighted by Crippen LogP contribution is 2.31. The Balaban J connectivity index is 1.72. The first-order valence-electron chi connectivity index (χ1n) is 9.69. The normalized spacial score (nSPS) is 19.2. The molecule has 5 nitrogen and oxygen atoms in total. The number of pyridine rings is 1. The lowest BCUT2D eigenvalue weighted by Crippen LogP contribution is -2.40.